The minimum Gasteiger partial charge on any atom is -0.314 e. The van der Waals surface area contributed by atoms with E-state index in [1.807, 2.05) is 19.9 Å². The molecule has 3 nitrogen and oxygen atoms in total. The fourth-order valence-corrected chi connectivity index (χ4v) is 0.727. The van der Waals surface area contributed by atoms with Crippen LogP contribution in [0.3, 0.4) is 0 Å². The molecule has 0 fully saturated rings. The first kappa shape index (κ1) is 11.1. The van der Waals surface area contributed by atoms with E-state index >= 15 is 0 Å². The first-order valence-corrected chi connectivity index (χ1v) is 4.12. The Hall–Kier alpha value is -0.880. The molecule has 0 aromatic heterocycles. The van der Waals surface area contributed by atoms with Crippen molar-refractivity contribution in [3.05, 3.63) is 0 Å². The highest BCUT2D eigenvalue weighted by Crippen LogP contribution is 2.10. The average molecular weight is 168 g/mol. The second kappa shape index (κ2) is 4.22. The SMILES string of the molecule is CC(C)C(=O)CCC(C)(N)C#N. The first-order valence-electron chi connectivity index (χ1n) is 4.12. The van der Waals surface area contributed by atoms with Crippen molar-refractivity contribution in [1.29, 1.82) is 5.26 Å². The van der Waals surface area contributed by atoms with Crippen LogP contribution in [0.1, 0.15) is 33.6 Å². The Morgan fingerprint density at radius 2 is 2.17 bits per heavy atom. The topological polar surface area (TPSA) is 66.9 Å². The van der Waals surface area contributed by atoms with Crippen LogP contribution in [0.4, 0.5) is 0 Å². The van der Waals surface area contributed by atoms with Crippen LogP contribution < -0.4 is 5.73 Å². The molecule has 0 spiro atoms. The van der Waals surface area contributed by atoms with Crippen LogP contribution in [0.2, 0.25) is 0 Å². The molecular formula is C9H16N2O. The van der Waals surface area contributed by atoms with Crippen LogP contribution in [0, 0.1) is 17.2 Å². The van der Waals surface area contributed by atoms with E-state index in [1.54, 1.807) is 6.92 Å². The third-order valence-electron chi connectivity index (χ3n) is 1.79. The maximum Gasteiger partial charge on any atom is 0.135 e. The van der Waals surface area contributed by atoms with Crippen molar-refractivity contribution in [1.82, 2.24) is 0 Å². The Kier molecular flexibility index (Phi) is 3.91. The summed E-state index contributed by atoms with van der Waals surface area (Å²) in [6.07, 6.45) is 0.846. The number of ketones is 1. The van der Waals surface area contributed by atoms with Gasteiger partial charge in [-0.1, -0.05) is 13.8 Å². The Bertz CT molecular complexity index is 201. The second-order valence-electron chi connectivity index (χ2n) is 3.65. The molecule has 0 aromatic carbocycles. The molecule has 0 saturated heterocycles. The molecule has 3 heteroatoms. The molecule has 68 valence electrons. The highest BCUT2D eigenvalue weighted by molar-refractivity contribution is 5.80. The van der Waals surface area contributed by atoms with E-state index in [4.69, 9.17) is 11.0 Å². The molecule has 0 heterocycles. The molecule has 12 heavy (non-hydrogen) atoms. The Morgan fingerprint density at radius 3 is 2.50 bits per heavy atom. The molecule has 0 aliphatic carbocycles. The Labute approximate surface area is 73.6 Å². The van der Waals surface area contributed by atoms with Gasteiger partial charge in [0, 0.05) is 12.3 Å². The van der Waals surface area contributed by atoms with E-state index in [0.717, 1.165) is 0 Å². The molecule has 2 N–H and O–H groups in total. The third-order valence-corrected chi connectivity index (χ3v) is 1.79. The zero-order valence-electron chi connectivity index (χ0n) is 7.92. The largest absolute Gasteiger partial charge is 0.314 e. The molecule has 0 aliphatic rings. The van der Waals surface area contributed by atoms with Gasteiger partial charge < -0.3 is 5.73 Å². The number of nitrogens with two attached hydrogens (primary N) is 1. The second-order valence-corrected chi connectivity index (χ2v) is 3.65. The summed E-state index contributed by atoms with van der Waals surface area (Å²) in [5, 5.41) is 8.56. The molecule has 0 aromatic rings. The van der Waals surface area contributed by atoms with E-state index in [1.165, 1.54) is 0 Å². The molecular weight excluding hydrogens is 152 g/mol. The van der Waals surface area contributed by atoms with Crippen molar-refractivity contribution in [3.8, 4) is 6.07 Å². The minimum absolute atomic E-state index is 0.0412. The van der Waals surface area contributed by atoms with Gasteiger partial charge in [-0.15, -0.1) is 0 Å². The van der Waals surface area contributed by atoms with Gasteiger partial charge in [-0.3, -0.25) is 4.79 Å². The zero-order chi connectivity index (χ0) is 9.78. The van der Waals surface area contributed by atoms with Crippen LogP contribution in [0.5, 0.6) is 0 Å². The van der Waals surface area contributed by atoms with Crippen LogP contribution in [-0.4, -0.2) is 11.3 Å². The molecule has 0 saturated carbocycles. The minimum atomic E-state index is -0.857. The lowest BCUT2D eigenvalue weighted by atomic mass is 9.94. The van der Waals surface area contributed by atoms with Gasteiger partial charge in [0.1, 0.15) is 11.3 Å². The van der Waals surface area contributed by atoms with Gasteiger partial charge in [0.2, 0.25) is 0 Å². The number of hydrogen-bond donors (Lipinski definition) is 1. The fourth-order valence-electron chi connectivity index (χ4n) is 0.727. The molecule has 1 atom stereocenters. The quantitative estimate of drug-likeness (QED) is 0.686. The van der Waals surface area contributed by atoms with Crippen molar-refractivity contribution in [2.75, 3.05) is 0 Å². The van der Waals surface area contributed by atoms with Crippen molar-refractivity contribution in [2.24, 2.45) is 11.7 Å². The van der Waals surface area contributed by atoms with Gasteiger partial charge in [0.15, 0.2) is 0 Å². The first-order chi connectivity index (χ1) is 5.39. The Balaban J connectivity index is 3.86. The van der Waals surface area contributed by atoms with E-state index in [-0.39, 0.29) is 11.7 Å². The lowest BCUT2D eigenvalue weighted by Gasteiger charge is -2.14. The smallest absolute Gasteiger partial charge is 0.135 e. The Morgan fingerprint density at radius 1 is 1.67 bits per heavy atom. The highest BCUT2D eigenvalue weighted by Gasteiger charge is 2.19. The van der Waals surface area contributed by atoms with Crippen LogP contribution in [0.25, 0.3) is 0 Å². The number of Topliss-reactive ketones (excluding diaryl/α,β-unsaturated/α-hetero) is 1. The predicted molar refractivity (Wildman–Crippen MR) is 47.3 cm³/mol. The highest BCUT2D eigenvalue weighted by atomic mass is 16.1. The van der Waals surface area contributed by atoms with E-state index in [9.17, 15) is 4.79 Å². The fraction of sp³-hybridized carbons (Fsp3) is 0.778. The van der Waals surface area contributed by atoms with Crippen LogP contribution >= 0.6 is 0 Å². The molecule has 0 rings (SSSR count). The number of nitrogens with zero attached hydrogens (tertiary/aromatic N) is 1. The maximum atomic E-state index is 11.1. The van der Waals surface area contributed by atoms with Gasteiger partial charge in [0.25, 0.3) is 0 Å². The zero-order valence-corrected chi connectivity index (χ0v) is 7.92. The van der Waals surface area contributed by atoms with Crippen LogP contribution in [-0.2, 0) is 4.79 Å². The van der Waals surface area contributed by atoms with Crippen molar-refractivity contribution < 1.29 is 4.79 Å². The summed E-state index contributed by atoms with van der Waals surface area (Å²) in [6, 6.07) is 1.96. The third kappa shape index (κ3) is 4.09. The summed E-state index contributed by atoms with van der Waals surface area (Å²) in [4.78, 5) is 11.1. The maximum absolute atomic E-state index is 11.1. The summed E-state index contributed by atoms with van der Waals surface area (Å²) >= 11 is 0. The van der Waals surface area contributed by atoms with Crippen LogP contribution in [0.15, 0.2) is 0 Å². The van der Waals surface area contributed by atoms with Gasteiger partial charge >= 0.3 is 0 Å². The number of hydrogen-bond acceptors (Lipinski definition) is 3. The summed E-state index contributed by atoms with van der Waals surface area (Å²) in [7, 11) is 0. The molecule has 0 radical (unpaired) electrons. The monoisotopic (exact) mass is 168 g/mol. The number of rotatable bonds is 4. The number of nitriles is 1. The molecule has 1 unspecified atom stereocenters. The molecule has 0 amide bonds. The van der Waals surface area contributed by atoms with Crippen molar-refractivity contribution >= 4 is 5.78 Å². The lowest BCUT2D eigenvalue weighted by molar-refractivity contribution is -0.122. The van der Waals surface area contributed by atoms with E-state index in [2.05, 4.69) is 0 Å². The summed E-state index contributed by atoms with van der Waals surface area (Å²) < 4.78 is 0. The number of carbonyl (C=O) groups excluding carboxylic acids is 1. The van der Waals surface area contributed by atoms with Gasteiger partial charge in [0.05, 0.1) is 6.07 Å². The average Bonchev–Trinajstić information content (AvgIpc) is 2.00. The summed E-state index contributed by atoms with van der Waals surface area (Å²) in [5.74, 6) is 0.210. The summed E-state index contributed by atoms with van der Waals surface area (Å²) in [6.45, 7) is 5.34. The normalized spacial score (nSPS) is 15.3. The summed E-state index contributed by atoms with van der Waals surface area (Å²) in [5.41, 5.74) is 4.69. The predicted octanol–water partition coefficient (Wildman–Crippen LogP) is 1.23. The van der Waals surface area contributed by atoms with E-state index in [0.29, 0.717) is 12.8 Å². The van der Waals surface area contributed by atoms with Gasteiger partial charge in [-0.05, 0) is 13.3 Å². The van der Waals surface area contributed by atoms with Gasteiger partial charge in [-0.25, -0.2) is 0 Å². The molecule has 0 bridgehead atoms. The standard InChI is InChI=1S/C9H16N2O/c1-7(2)8(12)4-5-9(3,11)6-10/h7H,4-5,11H2,1-3H3. The molecule has 0 aliphatic heterocycles. The van der Waals surface area contributed by atoms with Crippen molar-refractivity contribution in [3.63, 3.8) is 0 Å². The lowest BCUT2D eigenvalue weighted by Crippen LogP contribution is -2.34. The number of carbonyl (C=O) groups is 1. The van der Waals surface area contributed by atoms with Gasteiger partial charge in [-0.2, -0.15) is 5.26 Å². The van der Waals surface area contributed by atoms with Crippen molar-refractivity contribution in [2.45, 2.75) is 39.2 Å². The van der Waals surface area contributed by atoms with E-state index < -0.39 is 5.54 Å².